The highest BCUT2D eigenvalue weighted by molar-refractivity contribution is 14.1. The summed E-state index contributed by atoms with van der Waals surface area (Å²) in [7, 11) is 0. The minimum absolute atomic E-state index is 0.164. The number of halogens is 1. The summed E-state index contributed by atoms with van der Waals surface area (Å²) < 4.78 is 14.9. The second kappa shape index (κ2) is 8.95. The molecule has 0 unspecified atom stereocenters. The lowest BCUT2D eigenvalue weighted by atomic mass is 9.80. The number of ether oxygens (including phenoxy) is 2. The van der Waals surface area contributed by atoms with E-state index in [2.05, 4.69) is 81.4 Å². The first kappa shape index (κ1) is 24.8. The van der Waals surface area contributed by atoms with Crippen LogP contribution in [0.1, 0.15) is 93.9 Å². The average molecular weight is 511 g/mol. The van der Waals surface area contributed by atoms with Crippen molar-refractivity contribution >= 4 is 22.9 Å². The van der Waals surface area contributed by atoms with Crippen LogP contribution >= 0.6 is 22.9 Å². The van der Waals surface area contributed by atoms with Crippen molar-refractivity contribution in [3.63, 3.8) is 0 Å². The average Bonchev–Trinajstić information content (AvgIpc) is 2.52. The van der Waals surface area contributed by atoms with Gasteiger partial charge in [-0.25, -0.2) is 3.11 Å². The van der Waals surface area contributed by atoms with Crippen LogP contribution in [-0.2, 0) is 9.47 Å². The molecule has 28 heavy (non-hydrogen) atoms. The highest BCUT2D eigenvalue weighted by Gasteiger charge is 2.46. The fourth-order valence-electron chi connectivity index (χ4n) is 5.28. The van der Waals surface area contributed by atoms with E-state index in [4.69, 9.17) is 9.47 Å². The third-order valence-corrected chi connectivity index (χ3v) is 8.98. The number of unbranched alkanes of at least 4 members (excludes halogenated alkanes) is 1. The van der Waals surface area contributed by atoms with E-state index < -0.39 is 0 Å². The topological polar surface area (TPSA) is 45.2 Å². The molecule has 0 spiro atoms. The molecule has 0 bridgehead atoms. The third kappa shape index (κ3) is 6.03. The smallest absolute Gasteiger partial charge is 0.0611 e. The summed E-state index contributed by atoms with van der Waals surface area (Å²) in [6, 6.07) is 0. The summed E-state index contributed by atoms with van der Waals surface area (Å²) >= 11 is 2.48. The molecule has 0 aromatic heterocycles. The molecule has 2 fully saturated rings. The van der Waals surface area contributed by atoms with Gasteiger partial charge in [-0.2, -0.15) is 5.06 Å². The van der Waals surface area contributed by atoms with Gasteiger partial charge in [0.1, 0.15) is 0 Å². The molecule has 2 aliphatic heterocycles. The molecule has 0 amide bonds. The molecule has 5 nitrogen and oxygen atoms in total. The van der Waals surface area contributed by atoms with Gasteiger partial charge in [0.2, 0.25) is 0 Å². The maximum absolute atomic E-state index is 10.4. The molecule has 0 atom stereocenters. The molecular weight excluding hydrogens is 467 g/mol. The Bertz CT molecular complexity index is 440. The first-order valence-electron chi connectivity index (χ1n) is 10.9. The van der Waals surface area contributed by atoms with Gasteiger partial charge >= 0.3 is 0 Å². The van der Waals surface area contributed by atoms with Crippen LogP contribution < -0.4 is 0 Å². The normalized spacial score (nSPS) is 28.5. The Morgan fingerprint density at radius 3 is 1.39 bits per heavy atom. The Balaban J connectivity index is 1.67. The van der Waals surface area contributed by atoms with Gasteiger partial charge in [-0.05, 0) is 93.9 Å². The number of hydrogen-bond acceptors (Lipinski definition) is 5. The number of hydroxylamine groups is 2. The Morgan fingerprint density at radius 2 is 1.04 bits per heavy atom. The van der Waals surface area contributed by atoms with Gasteiger partial charge in [0.25, 0.3) is 0 Å². The second-order valence-corrected chi connectivity index (χ2v) is 12.3. The van der Waals surface area contributed by atoms with E-state index in [1.165, 1.54) is 5.06 Å². The van der Waals surface area contributed by atoms with Crippen molar-refractivity contribution < 1.29 is 14.7 Å². The number of rotatable bonds is 7. The van der Waals surface area contributed by atoms with Crippen LogP contribution in [0.15, 0.2) is 0 Å². The third-order valence-electron chi connectivity index (χ3n) is 6.36. The zero-order valence-corrected chi connectivity index (χ0v) is 21.5. The first-order valence-corrected chi connectivity index (χ1v) is 11.8. The Labute approximate surface area is 187 Å². The summed E-state index contributed by atoms with van der Waals surface area (Å²) in [5.74, 6) is 0. The number of hydrogen-bond donors (Lipinski definition) is 1. The quantitative estimate of drug-likeness (QED) is 0.275. The van der Waals surface area contributed by atoms with Gasteiger partial charge in [0.15, 0.2) is 0 Å². The molecule has 0 aliphatic carbocycles. The minimum Gasteiger partial charge on any atom is -0.378 e. The molecule has 0 saturated carbocycles. The van der Waals surface area contributed by atoms with Crippen molar-refractivity contribution in [2.24, 2.45) is 0 Å². The van der Waals surface area contributed by atoms with Crippen molar-refractivity contribution in [3.05, 3.63) is 0 Å². The summed E-state index contributed by atoms with van der Waals surface area (Å²) in [4.78, 5) is 0. The maximum atomic E-state index is 10.4. The minimum atomic E-state index is -0.247. The van der Waals surface area contributed by atoms with Crippen molar-refractivity contribution in [2.45, 2.75) is 128 Å². The van der Waals surface area contributed by atoms with Crippen LogP contribution in [0.5, 0.6) is 0 Å². The lowest BCUT2D eigenvalue weighted by Crippen LogP contribution is -2.60. The standard InChI is InChI=1S/C22H43IN2O3/c1-19(2)13-17(14-20(3,4)24(19)23)27-11-9-10-12-28-18-15-21(5,6)25(26)22(7,8)16-18/h17-18,26H,9-16H2,1-8H3. The maximum Gasteiger partial charge on any atom is 0.0611 e. The molecule has 2 aliphatic rings. The molecule has 6 heteroatoms. The largest absolute Gasteiger partial charge is 0.378 e. The van der Waals surface area contributed by atoms with Crippen LogP contribution in [0.4, 0.5) is 0 Å². The second-order valence-electron chi connectivity index (χ2n) is 11.4. The molecule has 166 valence electrons. The van der Waals surface area contributed by atoms with Gasteiger partial charge in [-0.3, -0.25) is 0 Å². The highest BCUT2D eigenvalue weighted by atomic mass is 127. The zero-order valence-electron chi connectivity index (χ0n) is 19.3. The van der Waals surface area contributed by atoms with E-state index in [1.54, 1.807) is 0 Å². The van der Waals surface area contributed by atoms with E-state index in [0.29, 0.717) is 6.10 Å². The predicted molar refractivity (Wildman–Crippen MR) is 123 cm³/mol. The summed E-state index contributed by atoms with van der Waals surface area (Å²) in [5, 5.41) is 11.9. The van der Waals surface area contributed by atoms with E-state index in [-0.39, 0.29) is 28.3 Å². The Kier molecular flexibility index (Phi) is 7.93. The number of nitrogens with zero attached hydrogens (tertiary/aromatic N) is 2. The molecule has 1 N–H and O–H groups in total. The molecule has 2 saturated heterocycles. The Morgan fingerprint density at radius 1 is 0.714 bits per heavy atom. The van der Waals surface area contributed by atoms with Gasteiger partial charge in [-0.15, -0.1) is 0 Å². The van der Waals surface area contributed by atoms with Crippen LogP contribution in [0.2, 0.25) is 0 Å². The van der Waals surface area contributed by atoms with E-state index in [9.17, 15) is 5.21 Å². The fourth-order valence-corrected chi connectivity index (χ4v) is 5.68. The van der Waals surface area contributed by atoms with Crippen molar-refractivity contribution in [3.8, 4) is 0 Å². The van der Waals surface area contributed by atoms with Gasteiger partial charge in [0, 0.05) is 58.2 Å². The fraction of sp³-hybridized carbons (Fsp3) is 1.00. The SMILES string of the molecule is CC1(C)CC(OCCCCOC2CC(C)(C)N(I)C(C)(C)C2)CC(C)(C)N1O. The first-order chi connectivity index (χ1) is 12.7. The van der Waals surface area contributed by atoms with Crippen molar-refractivity contribution in [1.82, 2.24) is 8.18 Å². The molecule has 0 aromatic rings. The molecular formula is C22H43IN2O3. The summed E-state index contributed by atoms with van der Waals surface area (Å²) in [6.45, 7) is 19.2. The van der Waals surface area contributed by atoms with Crippen LogP contribution in [0, 0.1) is 0 Å². The van der Waals surface area contributed by atoms with E-state index in [1.807, 2.05) is 0 Å². The van der Waals surface area contributed by atoms with E-state index >= 15 is 0 Å². The Hall–Kier alpha value is 0.530. The summed E-state index contributed by atoms with van der Waals surface area (Å²) in [6.07, 6.45) is 6.51. The van der Waals surface area contributed by atoms with Crippen molar-refractivity contribution in [1.29, 1.82) is 0 Å². The zero-order chi connectivity index (χ0) is 21.4. The molecule has 2 rings (SSSR count). The van der Waals surface area contributed by atoms with Crippen LogP contribution in [0.3, 0.4) is 0 Å². The van der Waals surface area contributed by atoms with Gasteiger partial charge in [-0.1, -0.05) is 0 Å². The lowest BCUT2D eigenvalue weighted by Gasteiger charge is -2.51. The number of piperidine rings is 2. The van der Waals surface area contributed by atoms with Crippen molar-refractivity contribution in [2.75, 3.05) is 13.2 Å². The van der Waals surface area contributed by atoms with Gasteiger partial charge < -0.3 is 14.7 Å². The van der Waals surface area contributed by atoms with E-state index in [0.717, 1.165) is 51.7 Å². The molecule has 2 heterocycles. The molecule has 0 aromatic carbocycles. The van der Waals surface area contributed by atoms with Crippen LogP contribution in [-0.4, -0.2) is 61.0 Å². The van der Waals surface area contributed by atoms with Crippen LogP contribution in [0.25, 0.3) is 0 Å². The highest BCUT2D eigenvalue weighted by Crippen LogP contribution is 2.42. The lowest BCUT2D eigenvalue weighted by molar-refractivity contribution is -0.261. The van der Waals surface area contributed by atoms with Gasteiger partial charge in [0.05, 0.1) is 12.2 Å². The monoisotopic (exact) mass is 510 g/mol. The predicted octanol–water partition coefficient (Wildman–Crippen LogP) is 5.58. The summed E-state index contributed by atoms with van der Waals surface area (Å²) in [5.41, 5.74) is -0.167. The molecule has 0 radical (unpaired) electrons.